The lowest BCUT2D eigenvalue weighted by atomic mass is 10.1. The maximum atomic E-state index is 11.6. The summed E-state index contributed by atoms with van der Waals surface area (Å²) in [5, 5.41) is 8.57. The Kier molecular flexibility index (Phi) is 4.71. The lowest BCUT2D eigenvalue weighted by Gasteiger charge is -1.98. The fraction of sp³-hybridized carbons (Fsp3) is 0.235. The van der Waals surface area contributed by atoms with E-state index in [-0.39, 0.29) is 0 Å². The van der Waals surface area contributed by atoms with E-state index in [1.165, 1.54) is 18.9 Å². The zero-order valence-electron chi connectivity index (χ0n) is 13.5. The number of rotatable bonds is 5. The van der Waals surface area contributed by atoms with Crippen LogP contribution < -0.4 is 0 Å². The molecule has 3 aromatic rings. The molecule has 1 aromatic carbocycles. The molecule has 7 heteroatoms. The standard InChI is InChI=1S/C17H16N2O4S/c1-10-6-4-5-7-13(10)15-18-19-17(23-15)24-9-12-8-14(11(2)22-12)16(20)21-3/h4-8H,9H2,1-3H3. The molecule has 0 fully saturated rings. The molecule has 24 heavy (non-hydrogen) atoms. The number of ether oxygens (including phenoxy) is 1. The lowest BCUT2D eigenvalue weighted by Crippen LogP contribution is -2.00. The number of aromatic nitrogens is 2. The Morgan fingerprint density at radius 1 is 1.21 bits per heavy atom. The summed E-state index contributed by atoms with van der Waals surface area (Å²) in [6.45, 7) is 3.72. The number of furan rings is 1. The van der Waals surface area contributed by atoms with Gasteiger partial charge >= 0.3 is 5.97 Å². The first-order valence-electron chi connectivity index (χ1n) is 7.28. The van der Waals surface area contributed by atoms with Gasteiger partial charge in [-0.25, -0.2) is 4.79 Å². The Balaban J connectivity index is 1.70. The van der Waals surface area contributed by atoms with Gasteiger partial charge in [-0.05, 0) is 31.5 Å². The Labute approximate surface area is 143 Å². The number of benzene rings is 1. The largest absolute Gasteiger partial charge is 0.465 e. The van der Waals surface area contributed by atoms with E-state index in [9.17, 15) is 4.79 Å². The quantitative estimate of drug-likeness (QED) is 0.511. The van der Waals surface area contributed by atoms with Gasteiger partial charge in [-0.15, -0.1) is 10.2 Å². The number of carbonyl (C=O) groups excluding carboxylic acids is 1. The third-order valence-corrected chi connectivity index (χ3v) is 4.33. The van der Waals surface area contributed by atoms with Crippen LogP contribution in [0.4, 0.5) is 0 Å². The third-order valence-electron chi connectivity index (χ3n) is 3.49. The van der Waals surface area contributed by atoms with Crippen LogP contribution in [0.25, 0.3) is 11.5 Å². The minimum atomic E-state index is -0.410. The maximum absolute atomic E-state index is 11.6. The molecule has 0 spiro atoms. The summed E-state index contributed by atoms with van der Waals surface area (Å²) in [5.41, 5.74) is 2.42. The molecule has 2 aromatic heterocycles. The zero-order chi connectivity index (χ0) is 17.1. The van der Waals surface area contributed by atoms with Crippen molar-refractivity contribution in [2.24, 2.45) is 0 Å². The van der Waals surface area contributed by atoms with Crippen molar-refractivity contribution in [1.29, 1.82) is 0 Å². The molecule has 0 aliphatic carbocycles. The monoisotopic (exact) mass is 344 g/mol. The van der Waals surface area contributed by atoms with Gasteiger partial charge in [0.25, 0.3) is 5.22 Å². The molecule has 0 radical (unpaired) electrons. The van der Waals surface area contributed by atoms with Crippen LogP contribution in [0, 0.1) is 13.8 Å². The van der Waals surface area contributed by atoms with Crippen LogP contribution in [0.5, 0.6) is 0 Å². The number of nitrogens with zero attached hydrogens (tertiary/aromatic N) is 2. The number of esters is 1. The minimum Gasteiger partial charge on any atom is -0.465 e. The van der Waals surface area contributed by atoms with Crippen LogP contribution in [-0.2, 0) is 10.5 Å². The lowest BCUT2D eigenvalue weighted by molar-refractivity contribution is 0.0599. The normalized spacial score (nSPS) is 10.8. The Morgan fingerprint density at radius 2 is 2.00 bits per heavy atom. The molecule has 124 valence electrons. The van der Waals surface area contributed by atoms with Gasteiger partial charge in [0, 0.05) is 5.56 Å². The summed E-state index contributed by atoms with van der Waals surface area (Å²) >= 11 is 1.35. The van der Waals surface area contributed by atoms with Gasteiger partial charge in [0.15, 0.2) is 0 Å². The van der Waals surface area contributed by atoms with E-state index in [2.05, 4.69) is 10.2 Å². The average molecular weight is 344 g/mol. The molecule has 0 N–H and O–H groups in total. The second kappa shape index (κ2) is 6.92. The van der Waals surface area contributed by atoms with Crippen molar-refractivity contribution in [2.45, 2.75) is 24.8 Å². The molecule has 6 nitrogen and oxygen atoms in total. The first-order chi connectivity index (χ1) is 11.6. The van der Waals surface area contributed by atoms with Crippen LogP contribution >= 0.6 is 11.8 Å². The second-order valence-corrected chi connectivity index (χ2v) is 6.08. The number of methoxy groups -OCH3 is 1. The van der Waals surface area contributed by atoms with Gasteiger partial charge in [-0.2, -0.15) is 0 Å². The van der Waals surface area contributed by atoms with Gasteiger partial charge in [0.1, 0.15) is 17.1 Å². The maximum Gasteiger partial charge on any atom is 0.341 e. The van der Waals surface area contributed by atoms with Gasteiger partial charge < -0.3 is 13.6 Å². The molecule has 0 saturated heterocycles. The van der Waals surface area contributed by atoms with Crippen molar-refractivity contribution in [2.75, 3.05) is 7.11 Å². The third kappa shape index (κ3) is 3.35. The minimum absolute atomic E-state index is 0.410. The Bertz CT molecular complexity index is 869. The molecule has 0 amide bonds. The molecule has 0 saturated carbocycles. The molecule has 3 rings (SSSR count). The first-order valence-corrected chi connectivity index (χ1v) is 8.27. The van der Waals surface area contributed by atoms with Crippen molar-refractivity contribution in [3.8, 4) is 11.5 Å². The number of hydrogen-bond donors (Lipinski definition) is 0. The summed E-state index contributed by atoms with van der Waals surface area (Å²) in [4.78, 5) is 11.6. The van der Waals surface area contributed by atoms with E-state index >= 15 is 0 Å². The van der Waals surface area contributed by atoms with Crippen LogP contribution in [0.1, 0.15) is 27.4 Å². The first kappa shape index (κ1) is 16.3. The second-order valence-electron chi connectivity index (χ2n) is 5.15. The van der Waals surface area contributed by atoms with Crippen molar-refractivity contribution in [3.05, 3.63) is 53.0 Å². The average Bonchev–Trinajstić information content (AvgIpc) is 3.19. The predicted molar refractivity (Wildman–Crippen MR) is 88.8 cm³/mol. The highest BCUT2D eigenvalue weighted by atomic mass is 32.2. The van der Waals surface area contributed by atoms with E-state index in [4.69, 9.17) is 13.6 Å². The summed E-state index contributed by atoms with van der Waals surface area (Å²) in [6, 6.07) is 9.50. The van der Waals surface area contributed by atoms with Gasteiger partial charge in [0.05, 0.1) is 12.9 Å². The topological polar surface area (TPSA) is 78.4 Å². The van der Waals surface area contributed by atoms with E-state index in [1.807, 2.05) is 31.2 Å². The molecule has 0 aliphatic heterocycles. The summed E-state index contributed by atoms with van der Waals surface area (Å²) in [6.07, 6.45) is 0. The smallest absolute Gasteiger partial charge is 0.341 e. The Morgan fingerprint density at radius 3 is 2.75 bits per heavy atom. The molecule has 2 heterocycles. The van der Waals surface area contributed by atoms with Crippen molar-refractivity contribution >= 4 is 17.7 Å². The fourth-order valence-corrected chi connectivity index (χ4v) is 2.89. The molecule has 0 aliphatic rings. The summed E-state index contributed by atoms with van der Waals surface area (Å²) < 4.78 is 16.0. The van der Waals surface area contributed by atoms with Crippen molar-refractivity contribution < 1.29 is 18.4 Å². The Hall–Kier alpha value is -2.54. The van der Waals surface area contributed by atoms with Gasteiger partial charge in [0.2, 0.25) is 5.89 Å². The number of hydrogen-bond acceptors (Lipinski definition) is 7. The van der Waals surface area contributed by atoms with E-state index in [1.54, 1.807) is 13.0 Å². The predicted octanol–water partition coefficient (Wildman–Crippen LogP) is 4.03. The van der Waals surface area contributed by atoms with Gasteiger partial charge in [-0.3, -0.25) is 0 Å². The van der Waals surface area contributed by atoms with Crippen molar-refractivity contribution in [3.63, 3.8) is 0 Å². The van der Waals surface area contributed by atoms with Crippen molar-refractivity contribution in [1.82, 2.24) is 10.2 Å². The zero-order valence-corrected chi connectivity index (χ0v) is 14.3. The SMILES string of the molecule is COC(=O)c1cc(CSc2nnc(-c3ccccc3C)o2)oc1C. The number of carbonyl (C=O) groups is 1. The van der Waals surface area contributed by atoms with Crippen LogP contribution in [0.2, 0.25) is 0 Å². The highest BCUT2D eigenvalue weighted by Gasteiger charge is 2.17. The van der Waals surface area contributed by atoms with Crippen LogP contribution in [-0.4, -0.2) is 23.3 Å². The molecule has 0 bridgehead atoms. The molecule has 0 unspecified atom stereocenters. The molecular weight excluding hydrogens is 328 g/mol. The highest BCUT2D eigenvalue weighted by Crippen LogP contribution is 2.28. The van der Waals surface area contributed by atoms with Crippen LogP contribution in [0.15, 0.2) is 44.4 Å². The van der Waals surface area contributed by atoms with Crippen LogP contribution in [0.3, 0.4) is 0 Å². The van der Waals surface area contributed by atoms with E-state index < -0.39 is 5.97 Å². The molecular formula is C17H16N2O4S. The number of aryl methyl sites for hydroxylation is 2. The highest BCUT2D eigenvalue weighted by molar-refractivity contribution is 7.98. The molecule has 0 atom stereocenters. The van der Waals surface area contributed by atoms with E-state index in [0.29, 0.717) is 34.0 Å². The summed E-state index contributed by atoms with van der Waals surface area (Å²) in [5.74, 6) is 1.73. The number of thioether (sulfide) groups is 1. The fourth-order valence-electron chi connectivity index (χ4n) is 2.25. The van der Waals surface area contributed by atoms with Gasteiger partial charge in [-0.1, -0.05) is 30.0 Å². The van der Waals surface area contributed by atoms with E-state index in [0.717, 1.165) is 11.1 Å². The summed E-state index contributed by atoms with van der Waals surface area (Å²) in [7, 11) is 1.34.